The quantitative estimate of drug-likeness (QED) is 0.709. The first-order chi connectivity index (χ1) is 8.77. The molecule has 5 nitrogen and oxygen atoms in total. The monoisotopic (exact) mass is 285 g/mol. The molecule has 2 saturated heterocycles. The highest BCUT2D eigenvalue weighted by atomic mass is 32.2. The summed E-state index contributed by atoms with van der Waals surface area (Å²) in [7, 11) is -2.91. The molecule has 0 aliphatic carbocycles. The molecule has 2 heterocycles. The minimum atomic E-state index is -2.91. The van der Waals surface area contributed by atoms with Gasteiger partial charge in [0.15, 0.2) is 9.84 Å². The van der Waals surface area contributed by atoms with Crippen LogP contribution in [-0.4, -0.2) is 62.2 Å². The van der Waals surface area contributed by atoms with Crippen molar-refractivity contribution in [3.05, 3.63) is 12.3 Å². The van der Waals surface area contributed by atoms with Gasteiger partial charge in [-0.2, -0.15) is 5.10 Å². The van der Waals surface area contributed by atoms with Gasteiger partial charge in [-0.05, 0) is 20.3 Å². The predicted molar refractivity (Wildman–Crippen MR) is 77.8 cm³/mol. The number of nitrogens with zero attached hydrogens (tertiary/aromatic N) is 3. The Hall–Kier alpha value is -0.880. The summed E-state index contributed by atoms with van der Waals surface area (Å²) in [6.45, 7) is 14.0. The van der Waals surface area contributed by atoms with Gasteiger partial charge < -0.3 is 0 Å². The van der Waals surface area contributed by atoms with Gasteiger partial charge in [0.1, 0.15) is 0 Å². The first kappa shape index (κ1) is 14.5. The first-order valence-electron chi connectivity index (χ1n) is 6.63. The van der Waals surface area contributed by atoms with Crippen LogP contribution in [0, 0.1) is 5.41 Å². The van der Waals surface area contributed by atoms with E-state index < -0.39 is 9.84 Å². The van der Waals surface area contributed by atoms with Gasteiger partial charge in [-0.25, -0.2) is 8.42 Å². The molecule has 1 unspecified atom stereocenters. The summed E-state index contributed by atoms with van der Waals surface area (Å²) < 4.78 is 23.7. The maximum atomic E-state index is 11.9. The highest BCUT2D eigenvalue weighted by Crippen LogP contribution is 2.37. The minimum Gasteiger partial charge on any atom is -0.295 e. The van der Waals surface area contributed by atoms with Gasteiger partial charge in [0.25, 0.3) is 0 Å². The topological polar surface area (TPSA) is 53.0 Å². The molecule has 2 aliphatic rings. The van der Waals surface area contributed by atoms with Gasteiger partial charge in [-0.15, -0.1) is 0 Å². The van der Waals surface area contributed by atoms with Gasteiger partial charge in [0.05, 0.1) is 11.5 Å². The van der Waals surface area contributed by atoms with Crippen LogP contribution in [-0.2, 0) is 9.84 Å². The molecule has 1 atom stereocenters. The summed E-state index contributed by atoms with van der Waals surface area (Å²) in [4.78, 5) is 2.29. The van der Waals surface area contributed by atoms with Crippen molar-refractivity contribution >= 4 is 16.6 Å². The van der Waals surface area contributed by atoms with Crippen LogP contribution in [0.2, 0.25) is 0 Å². The molecule has 0 amide bonds. The molecule has 108 valence electrons. The summed E-state index contributed by atoms with van der Waals surface area (Å²) in [6, 6.07) is 0.363. The number of hydrazone groups is 1. The zero-order valence-corrected chi connectivity index (χ0v) is 12.6. The van der Waals surface area contributed by atoms with E-state index in [-0.39, 0.29) is 16.9 Å². The Labute approximate surface area is 115 Å². The van der Waals surface area contributed by atoms with E-state index in [1.807, 2.05) is 0 Å². The van der Waals surface area contributed by atoms with Crippen molar-refractivity contribution in [1.29, 1.82) is 0 Å². The lowest BCUT2D eigenvalue weighted by molar-refractivity contribution is 0.153. The maximum absolute atomic E-state index is 11.9. The number of hydrogen-bond donors (Lipinski definition) is 0. The number of hydrogen-bond acceptors (Lipinski definition) is 5. The van der Waals surface area contributed by atoms with Gasteiger partial charge in [-0.3, -0.25) is 9.91 Å². The molecule has 19 heavy (non-hydrogen) atoms. The van der Waals surface area contributed by atoms with Gasteiger partial charge >= 0.3 is 0 Å². The third-order valence-electron chi connectivity index (χ3n) is 4.14. The third kappa shape index (κ3) is 3.00. The van der Waals surface area contributed by atoms with E-state index in [0.717, 1.165) is 18.8 Å². The SMILES string of the molecule is C=NN1CC2(CCS(=O)(=O)C2)CN(C(C)C)CC1=C. The molecular formula is C13H23N3O2S. The Morgan fingerprint density at radius 2 is 2.05 bits per heavy atom. The molecule has 0 aromatic carbocycles. The largest absolute Gasteiger partial charge is 0.295 e. The predicted octanol–water partition coefficient (Wildman–Crippen LogP) is 0.947. The Balaban J connectivity index is 2.32. The molecule has 2 aliphatic heterocycles. The molecule has 2 fully saturated rings. The zero-order valence-electron chi connectivity index (χ0n) is 11.8. The van der Waals surface area contributed by atoms with Gasteiger partial charge in [0.2, 0.25) is 0 Å². The summed E-state index contributed by atoms with van der Waals surface area (Å²) in [6.07, 6.45) is 0.706. The van der Waals surface area contributed by atoms with Crippen molar-refractivity contribution in [2.45, 2.75) is 26.3 Å². The van der Waals surface area contributed by atoms with Crippen LogP contribution in [0.5, 0.6) is 0 Å². The van der Waals surface area contributed by atoms with Crippen LogP contribution in [0.3, 0.4) is 0 Å². The van der Waals surface area contributed by atoms with E-state index in [1.54, 1.807) is 5.01 Å². The molecule has 0 saturated carbocycles. The maximum Gasteiger partial charge on any atom is 0.151 e. The Bertz CT molecular complexity index is 486. The van der Waals surface area contributed by atoms with Crippen molar-refractivity contribution in [2.75, 3.05) is 31.1 Å². The van der Waals surface area contributed by atoms with Crippen molar-refractivity contribution in [3.8, 4) is 0 Å². The number of rotatable bonds is 2. The molecule has 0 N–H and O–H groups in total. The average Bonchev–Trinajstić information content (AvgIpc) is 2.52. The zero-order chi connectivity index (χ0) is 14.3. The fourth-order valence-corrected chi connectivity index (χ4v) is 5.18. The van der Waals surface area contributed by atoms with Crippen LogP contribution in [0.15, 0.2) is 17.4 Å². The van der Waals surface area contributed by atoms with Crippen LogP contribution < -0.4 is 0 Å². The first-order valence-corrected chi connectivity index (χ1v) is 8.45. The van der Waals surface area contributed by atoms with E-state index in [4.69, 9.17) is 0 Å². The molecule has 1 spiro atoms. The molecule has 0 aromatic rings. The molecule has 6 heteroatoms. The van der Waals surface area contributed by atoms with Crippen molar-refractivity contribution < 1.29 is 8.42 Å². The average molecular weight is 285 g/mol. The molecule has 2 rings (SSSR count). The van der Waals surface area contributed by atoms with Crippen molar-refractivity contribution in [1.82, 2.24) is 9.91 Å². The Kier molecular flexibility index (Phi) is 3.75. The lowest BCUT2D eigenvalue weighted by atomic mass is 9.86. The highest BCUT2D eigenvalue weighted by molar-refractivity contribution is 7.91. The second-order valence-corrected chi connectivity index (χ2v) is 8.29. The van der Waals surface area contributed by atoms with Crippen molar-refractivity contribution in [3.63, 3.8) is 0 Å². The van der Waals surface area contributed by atoms with E-state index in [1.165, 1.54) is 0 Å². The molecule has 0 aromatic heterocycles. The van der Waals surface area contributed by atoms with E-state index in [2.05, 4.69) is 37.1 Å². The molecular weight excluding hydrogens is 262 g/mol. The minimum absolute atomic E-state index is 0.232. The standard InChI is InChI=1S/C13H23N3O2S/c1-11(2)15-7-12(3)16(14-4)9-13(8-15)5-6-19(17,18)10-13/h11H,3-10H2,1-2H3. The van der Waals surface area contributed by atoms with Crippen LogP contribution in [0.4, 0.5) is 0 Å². The fraction of sp³-hybridized carbons (Fsp3) is 0.769. The van der Waals surface area contributed by atoms with Gasteiger partial charge in [-0.1, -0.05) is 6.58 Å². The third-order valence-corrected chi connectivity index (χ3v) is 6.02. The molecule has 0 bridgehead atoms. The molecule has 0 radical (unpaired) electrons. The highest BCUT2D eigenvalue weighted by Gasteiger charge is 2.46. The Morgan fingerprint density at radius 3 is 2.53 bits per heavy atom. The number of sulfone groups is 1. The van der Waals surface area contributed by atoms with E-state index >= 15 is 0 Å². The Morgan fingerprint density at radius 1 is 1.37 bits per heavy atom. The summed E-state index contributed by atoms with van der Waals surface area (Å²) in [5, 5.41) is 5.79. The van der Waals surface area contributed by atoms with Crippen molar-refractivity contribution in [2.24, 2.45) is 10.5 Å². The summed E-state index contributed by atoms with van der Waals surface area (Å²) in [5.41, 5.74) is 0.661. The van der Waals surface area contributed by atoms with Gasteiger partial charge in [0, 0.05) is 43.5 Å². The smallest absolute Gasteiger partial charge is 0.151 e. The van der Waals surface area contributed by atoms with E-state index in [9.17, 15) is 8.42 Å². The second-order valence-electron chi connectivity index (χ2n) is 6.11. The van der Waals surface area contributed by atoms with Crippen LogP contribution in [0.1, 0.15) is 20.3 Å². The normalized spacial score (nSPS) is 31.9. The second kappa shape index (κ2) is 4.90. The summed E-state index contributed by atoms with van der Waals surface area (Å²) in [5.74, 6) is 0.541. The lowest BCUT2D eigenvalue weighted by Gasteiger charge is -2.33. The van der Waals surface area contributed by atoms with Crippen LogP contribution in [0.25, 0.3) is 0 Å². The summed E-state index contributed by atoms with van der Waals surface area (Å²) >= 11 is 0. The van der Waals surface area contributed by atoms with Crippen LogP contribution >= 0.6 is 0 Å². The fourth-order valence-electron chi connectivity index (χ4n) is 3.03. The van der Waals surface area contributed by atoms with E-state index in [0.29, 0.717) is 19.0 Å². The lowest BCUT2D eigenvalue weighted by Crippen LogP contribution is -2.43.